The van der Waals surface area contributed by atoms with E-state index in [0.717, 1.165) is 95.8 Å². The SMILES string of the molecule is CCCCCCCCCCCCCCCCCC(=O)O[C@H](COC(=O)CCCCCCCCCCCCCCC)COP(=O)(O)OC[C@@H](O)COP(=O)(O)OC[C@@H](COC(=O)CCCCCCCCCCC(C)CC)OC(=O)CCCCCCCCCCCCCCC. The number of hydrogen-bond donors (Lipinski definition) is 3. The number of esters is 4. The van der Waals surface area contributed by atoms with Gasteiger partial charge in [0.05, 0.1) is 26.4 Å². The predicted molar refractivity (Wildman–Crippen MR) is 377 cm³/mol. The highest BCUT2D eigenvalue weighted by Gasteiger charge is 2.30. The number of unbranched alkanes of at least 4 members (excludes halogenated alkanes) is 45. The molecule has 0 fully saturated rings. The molecule has 0 aliphatic carbocycles. The van der Waals surface area contributed by atoms with Gasteiger partial charge < -0.3 is 33.8 Å². The van der Waals surface area contributed by atoms with Gasteiger partial charge in [0, 0.05) is 25.7 Å². The summed E-state index contributed by atoms with van der Waals surface area (Å²) in [6.07, 6.45) is 55.2. The fraction of sp³-hybridized carbons (Fsp3) is 0.946. The van der Waals surface area contributed by atoms with E-state index in [9.17, 15) is 43.2 Å². The Hall–Kier alpha value is -1.94. The van der Waals surface area contributed by atoms with Gasteiger partial charge in [-0.2, -0.15) is 0 Å². The van der Waals surface area contributed by atoms with Crippen LogP contribution in [0.3, 0.4) is 0 Å². The van der Waals surface area contributed by atoms with Crippen LogP contribution in [0.4, 0.5) is 0 Å². The van der Waals surface area contributed by atoms with Crippen molar-refractivity contribution in [3.63, 3.8) is 0 Å². The van der Waals surface area contributed by atoms with Crippen LogP contribution >= 0.6 is 15.6 Å². The second kappa shape index (κ2) is 67.3. The topological polar surface area (TPSA) is 237 Å². The summed E-state index contributed by atoms with van der Waals surface area (Å²) < 4.78 is 68.5. The van der Waals surface area contributed by atoms with Crippen molar-refractivity contribution in [1.29, 1.82) is 0 Å². The number of aliphatic hydroxyl groups is 1. The van der Waals surface area contributed by atoms with Crippen LogP contribution in [-0.2, 0) is 65.4 Å². The average molecular weight is 1370 g/mol. The molecule has 3 N–H and O–H groups in total. The molecule has 6 atom stereocenters. The third-order valence-corrected chi connectivity index (χ3v) is 19.5. The van der Waals surface area contributed by atoms with Gasteiger partial charge in [-0.3, -0.25) is 37.3 Å². The molecule has 0 aromatic heterocycles. The van der Waals surface area contributed by atoms with Crippen molar-refractivity contribution in [1.82, 2.24) is 0 Å². The molecule has 93 heavy (non-hydrogen) atoms. The summed E-state index contributed by atoms with van der Waals surface area (Å²) >= 11 is 0. The Morgan fingerprint density at radius 3 is 0.763 bits per heavy atom. The minimum Gasteiger partial charge on any atom is -0.462 e. The Balaban J connectivity index is 5.26. The zero-order chi connectivity index (χ0) is 68.4. The van der Waals surface area contributed by atoms with Crippen LogP contribution in [0, 0.1) is 5.92 Å². The fourth-order valence-electron chi connectivity index (χ4n) is 11.3. The quantitative estimate of drug-likeness (QED) is 0.0222. The third-order valence-electron chi connectivity index (χ3n) is 17.6. The molecule has 0 aromatic rings. The molecule has 0 amide bonds. The van der Waals surface area contributed by atoms with Gasteiger partial charge in [-0.05, 0) is 31.6 Å². The van der Waals surface area contributed by atoms with Crippen LogP contribution in [-0.4, -0.2) is 96.7 Å². The molecule has 0 saturated carbocycles. The number of phosphoric acid groups is 2. The highest BCUT2D eigenvalue weighted by Crippen LogP contribution is 2.45. The molecule has 0 aliphatic heterocycles. The summed E-state index contributed by atoms with van der Waals surface area (Å²) in [4.78, 5) is 72.8. The molecular weight excluding hydrogens is 1220 g/mol. The summed E-state index contributed by atoms with van der Waals surface area (Å²) in [5.41, 5.74) is 0. The Kier molecular flexibility index (Phi) is 65.9. The highest BCUT2D eigenvalue weighted by atomic mass is 31.2. The molecule has 0 rings (SSSR count). The zero-order valence-electron chi connectivity index (χ0n) is 60.4. The number of aliphatic hydroxyl groups excluding tert-OH is 1. The van der Waals surface area contributed by atoms with Crippen LogP contribution in [0.1, 0.15) is 388 Å². The Labute approximate surface area is 568 Å². The van der Waals surface area contributed by atoms with Crippen LogP contribution in [0.2, 0.25) is 0 Å². The number of phosphoric ester groups is 2. The summed E-state index contributed by atoms with van der Waals surface area (Å²) in [6.45, 7) is 7.29. The number of hydrogen-bond acceptors (Lipinski definition) is 15. The van der Waals surface area contributed by atoms with Gasteiger partial charge in [-0.15, -0.1) is 0 Å². The molecule has 0 radical (unpaired) electrons. The summed E-state index contributed by atoms with van der Waals surface area (Å²) in [6, 6.07) is 0. The van der Waals surface area contributed by atoms with E-state index in [-0.39, 0.29) is 25.7 Å². The summed E-state index contributed by atoms with van der Waals surface area (Å²) in [7, 11) is -9.91. The lowest BCUT2D eigenvalue weighted by Gasteiger charge is -2.21. The largest absolute Gasteiger partial charge is 0.472 e. The lowest BCUT2D eigenvalue weighted by molar-refractivity contribution is -0.161. The molecule has 0 aromatic carbocycles. The first kappa shape index (κ1) is 91.1. The first-order valence-corrected chi connectivity index (χ1v) is 41.7. The molecule has 0 aliphatic rings. The van der Waals surface area contributed by atoms with E-state index in [2.05, 4.69) is 34.6 Å². The fourth-order valence-corrected chi connectivity index (χ4v) is 12.9. The first-order chi connectivity index (χ1) is 45.1. The van der Waals surface area contributed by atoms with E-state index >= 15 is 0 Å². The lowest BCUT2D eigenvalue weighted by atomic mass is 9.99. The molecular formula is C74H144O17P2. The average Bonchev–Trinajstić information content (AvgIpc) is 2.61. The molecule has 17 nitrogen and oxygen atoms in total. The minimum atomic E-state index is -4.95. The van der Waals surface area contributed by atoms with Crippen molar-refractivity contribution in [3.8, 4) is 0 Å². The Morgan fingerprint density at radius 2 is 0.516 bits per heavy atom. The van der Waals surface area contributed by atoms with Crippen LogP contribution in [0.5, 0.6) is 0 Å². The molecule has 0 spiro atoms. The number of carbonyl (C=O) groups excluding carboxylic acids is 4. The van der Waals surface area contributed by atoms with E-state index in [1.807, 2.05) is 0 Å². The highest BCUT2D eigenvalue weighted by molar-refractivity contribution is 7.47. The van der Waals surface area contributed by atoms with Gasteiger partial charge >= 0.3 is 39.5 Å². The van der Waals surface area contributed by atoms with E-state index in [1.165, 1.54) is 212 Å². The summed E-state index contributed by atoms with van der Waals surface area (Å²) in [5, 5.41) is 10.6. The van der Waals surface area contributed by atoms with Crippen LogP contribution < -0.4 is 0 Å². The van der Waals surface area contributed by atoms with Gasteiger partial charge in [0.1, 0.15) is 19.3 Å². The third kappa shape index (κ3) is 67.0. The van der Waals surface area contributed by atoms with Crippen molar-refractivity contribution >= 4 is 39.5 Å². The van der Waals surface area contributed by atoms with Crippen LogP contribution in [0.15, 0.2) is 0 Å². The molecule has 19 heteroatoms. The van der Waals surface area contributed by atoms with Crippen molar-refractivity contribution in [3.05, 3.63) is 0 Å². The van der Waals surface area contributed by atoms with Gasteiger partial charge in [0.2, 0.25) is 0 Å². The maximum Gasteiger partial charge on any atom is 0.472 e. The number of rotatable bonds is 74. The van der Waals surface area contributed by atoms with E-state index in [0.29, 0.717) is 25.7 Å². The number of ether oxygens (including phenoxy) is 4. The van der Waals surface area contributed by atoms with Gasteiger partial charge in [-0.1, -0.05) is 336 Å². The minimum absolute atomic E-state index is 0.108. The van der Waals surface area contributed by atoms with E-state index in [4.69, 9.17) is 37.0 Å². The predicted octanol–water partition coefficient (Wildman–Crippen LogP) is 21.7. The normalized spacial score (nSPS) is 14.3. The molecule has 552 valence electrons. The molecule has 0 saturated heterocycles. The summed E-state index contributed by atoms with van der Waals surface area (Å²) in [5.74, 6) is -1.34. The maximum atomic E-state index is 13.1. The van der Waals surface area contributed by atoms with E-state index < -0.39 is 97.5 Å². The smallest absolute Gasteiger partial charge is 0.462 e. The standard InChI is InChI=1S/C74H144O17P2/c1-6-10-13-16-19-22-25-28-29-32-35-38-45-50-55-60-74(79)90-69(63-84-71(76)57-52-47-42-36-33-30-26-23-20-17-14-11-7-2)65-88-92(80,81)86-61-68(75)62-87-93(82,83)89-66-70(64-85-72(77)58-53-48-43-40-39-41-46-51-56-67(5)9-4)91-73(78)59-54-49-44-37-34-31-27-24-21-18-15-12-8-3/h67-70,75H,6-66H2,1-5H3,(H,80,81)(H,82,83)/t67?,68-,69-,70-/m1/s1. The lowest BCUT2D eigenvalue weighted by Crippen LogP contribution is -2.30. The van der Waals surface area contributed by atoms with Crippen LogP contribution in [0.25, 0.3) is 0 Å². The number of carbonyl (C=O) groups is 4. The van der Waals surface area contributed by atoms with Gasteiger partial charge in [-0.25, -0.2) is 9.13 Å². The molecule has 0 heterocycles. The monoisotopic (exact) mass is 1370 g/mol. The van der Waals surface area contributed by atoms with Crippen molar-refractivity contribution < 1.29 is 80.2 Å². The second-order valence-corrected chi connectivity index (χ2v) is 29.8. The zero-order valence-corrected chi connectivity index (χ0v) is 62.2. The second-order valence-electron chi connectivity index (χ2n) is 26.9. The van der Waals surface area contributed by atoms with E-state index in [1.54, 1.807) is 0 Å². The molecule has 0 bridgehead atoms. The van der Waals surface area contributed by atoms with Gasteiger partial charge in [0.15, 0.2) is 12.2 Å². The molecule has 3 unspecified atom stereocenters. The van der Waals surface area contributed by atoms with Crippen molar-refractivity contribution in [2.45, 2.75) is 406 Å². The van der Waals surface area contributed by atoms with Crippen molar-refractivity contribution in [2.75, 3.05) is 39.6 Å². The van der Waals surface area contributed by atoms with Gasteiger partial charge in [0.25, 0.3) is 0 Å². The maximum absolute atomic E-state index is 13.1. The Morgan fingerprint density at radius 1 is 0.301 bits per heavy atom. The van der Waals surface area contributed by atoms with Crippen molar-refractivity contribution in [2.24, 2.45) is 5.92 Å². The Bertz CT molecular complexity index is 1790. The first-order valence-electron chi connectivity index (χ1n) is 38.7.